The standard InChI is InChI=1S/C16H20ClNS/c1-4-9-18-16(15-8-5-12(3)19-15)14-7-6-13(17)10-11(14)2/h5-8,10,16,18H,4,9H2,1-3H3. The number of thiophene rings is 1. The highest BCUT2D eigenvalue weighted by Crippen LogP contribution is 2.31. The quantitative estimate of drug-likeness (QED) is 0.808. The average molecular weight is 294 g/mol. The van der Waals surface area contributed by atoms with E-state index >= 15 is 0 Å². The Morgan fingerprint density at radius 3 is 2.58 bits per heavy atom. The Kier molecular flexibility index (Phi) is 5.03. The molecule has 1 atom stereocenters. The molecule has 2 rings (SSSR count). The molecule has 0 fully saturated rings. The second-order valence-corrected chi connectivity index (χ2v) is 6.59. The Balaban J connectivity index is 2.36. The first-order chi connectivity index (χ1) is 9.11. The summed E-state index contributed by atoms with van der Waals surface area (Å²) >= 11 is 7.92. The molecule has 0 saturated carbocycles. The minimum absolute atomic E-state index is 0.274. The maximum absolute atomic E-state index is 6.06. The Hall–Kier alpha value is -0.830. The number of rotatable bonds is 5. The summed E-state index contributed by atoms with van der Waals surface area (Å²) in [6, 6.07) is 10.8. The molecule has 1 aromatic carbocycles. The first-order valence-electron chi connectivity index (χ1n) is 6.67. The van der Waals surface area contributed by atoms with E-state index in [1.807, 2.05) is 23.5 Å². The molecule has 1 aromatic heterocycles. The Morgan fingerprint density at radius 2 is 2.00 bits per heavy atom. The third-order valence-corrected chi connectivity index (χ3v) is 4.49. The molecule has 0 aliphatic rings. The van der Waals surface area contributed by atoms with E-state index in [0.717, 1.165) is 18.0 Å². The van der Waals surface area contributed by atoms with Crippen molar-refractivity contribution in [2.24, 2.45) is 0 Å². The smallest absolute Gasteiger partial charge is 0.0673 e. The molecule has 0 spiro atoms. The fourth-order valence-electron chi connectivity index (χ4n) is 2.22. The summed E-state index contributed by atoms with van der Waals surface area (Å²) in [5.41, 5.74) is 2.56. The maximum Gasteiger partial charge on any atom is 0.0673 e. The van der Waals surface area contributed by atoms with Crippen LogP contribution in [0.5, 0.6) is 0 Å². The molecule has 3 heteroatoms. The van der Waals surface area contributed by atoms with Crippen LogP contribution in [0.4, 0.5) is 0 Å². The SMILES string of the molecule is CCCNC(c1ccc(C)s1)c1ccc(Cl)cc1C. The van der Waals surface area contributed by atoms with Gasteiger partial charge in [0.25, 0.3) is 0 Å². The minimum atomic E-state index is 0.274. The molecule has 1 nitrogen and oxygen atoms in total. The minimum Gasteiger partial charge on any atom is -0.306 e. The van der Waals surface area contributed by atoms with Gasteiger partial charge in [-0.1, -0.05) is 24.6 Å². The molecule has 0 radical (unpaired) electrons. The van der Waals surface area contributed by atoms with Crippen LogP contribution >= 0.6 is 22.9 Å². The van der Waals surface area contributed by atoms with Crippen LogP contribution in [0.25, 0.3) is 0 Å². The van der Waals surface area contributed by atoms with E-state index in [9.17, 15) is 0 Å². The van der Waals surface area contributed by atoms with Crippen LogP contribution < -0.4 is 5.32 Å². The average Bonchev–Trinajstić information content (AvgIpc) is 2.78. The summed E-state index contributed by atoms with van der Waals surface area (Å²) in [4.78, 5) is 2.72. The number of halogens is 1. The summed E-state index contributed by atoms with van der Waals surface area (Å²) in [7, 11) is 0. The fraction of sp³-hybridized carbons (Fsp3) is 0.375. The Labute approximate surface area is 124 Å². The second kappa shape index (κ2) is 6.56. The third kappa shape index (κ3) is 3.59. The van der Waals surface area contributed by atoms with Gasteiger partial charge in [-0.25, -0.2) is 0 Å². The summed E-state index contributed by atoms with van der Waals surface area (Å²) in [5, 5.41) is 4.45. The van der Waals surface area contributed by atoms with Crippen molar-refractivity contribution in [2.45, 2.75) is 33.2 Å². The van der Waals surface area contributed by atoms with E-state index in [1.165, 1.54) is 20.9 Å². The predicted molar refractivity (Wildman–Crippen MR) is 85.4 cm³/mol. The molecule has 19 heavy (non-hydrogen) atoms. The van der Waals surface area contributed by atoms with Gasteiger partial charge in [0.2, 0.25) is 0 Å². The third-order valence-electron chi connectivity index (χ3n) is 3.19. The van der Waals surface area contributed by atoms with Gasteiger partial charge in [0.15, 0.2) is 0 Å². The van der Waals surface area contributed by atoms with Crippen molar-refractivity contribution in [3.8, 4) is 0 Å². The number of aryl methyl sites for hydroxylation is 2. The summed E-state index contributed by atoms with van der Waals surface area (Å²) in [6.07, 6.45) is 1.13. The Bertz CT molecular complexity index is 547. The van der Waals surface area contributed by atoms with Crippen LogP contribution in [0.1, 0.15) is 40.3 Å². The molecule has 0 aliphatic carbocycles. The lowest BCUT2D eigenvalue weighted by molar-refractivity contribution is 0.603. The molecule has 1 heterocycles. The summed E-state index contributed by atoms with van der Waals surface area (Å²) in [5.74, 6) is 0. The van der Waals surface area contributed by atoms with E-state index in [1.54, 1.807) is 0 Å². The van der Waals surface area contributed by atoms with Crippen LogP contribution in [0.2, 0.25) is 5.02 Å². The highest BCUT2D eigenvalue weighted by molar-refractivity contribution is 7.12. The van der Waals surface area contributed by atoms with Gasteiger partial charge in [-0.2, -0.15) is 0 Å². The molecule has 102 valence electrons. The molecular formula is C16H20ClNS. The van der Waals surface area contributed by atoms with Gasteiger partial charge in [-0.05, 0) is 62.2 Å². The molecular weight excluding hydrogens is 274 g/mol. The molecule has 1 N–H and O–H groups in total. The van der Waals surface area contributed by atoms with E-state index in [4.69, 9.17) is 11.6 Å². The topological polar surface area (TPSA) is 12.0 Å². The van der Waals surface area contributed by atoms with Gasteiger partial charge >= 0.3 is 0 Å². The van der Waals surface area contributed by atoms with Crippen molar-refractivity contribution >= 4 is 22.9 Å². The number of hydrogen-bond acceptors (Lipinski definition) is 2. The van der Waals surface area contributed by atoms with Crippen molar-refractivity contribution in [3.05, 3.63) is 56.2 Å². The van der Waals surface area contributed by atoms with Crippen molar-refractivity contribution < 1.29 is 0 Å². The monoisotopic (exact) mass is 293 g/mol. The van der Waals surface area contributed by atoms with Gasteiger partial charge in [-0.3, -0.25) is 0 Å². The molecule has 0 saturated heterocycles. The van der Waals surface area contributed by atoms with Crippen LogP contribution in [-0.4, -0.2) is 6.54 Å². The molecule has 1 unspecified atom stereocenters. The van der Waals surface area contributed by atoms with Gasteiger partial charge in [0, 0.05) is 14.8 Å². The fourth-order valence-corrected chi connectivity index (χ4v) is 3.42. The van der Waals surface area contributed by atoms with Crippen LogP contribution in [0, 0.1) is 13.8 Å². The number of nitrogens with one attached hydrogen (secondary N) is 1. The van der Waals surface area contributed by atoms with Gasteiger partial charge < -0.3 is 5.32 Å². The van der Waals surface area contributed by atoms with Crippen LogP contribution in [-0.2, 0) is 0 Å². The van der Waals surface area contributed by atoms with Gasteiger partial charge in [0.1, 0.15) is 0 Å². The highest BCUT2D eigenvalue weighted by atomic mass is 35.5. The first-order valence-corrected chi connectivity index (χ1v) is 7.87. The lowest BCUT2D eigenvalue weighted by Crippen LogP contribution is -2.23. The van der Waals surface area contributed by atoms with Crippen molar-refractivity contribution in [3.63, 3.8) is 0 Å². The zero-order valence-electron chi connectivity index (χ0n) is 11.7. The largest absolute Gasteiger partial charge is 0.306 e. The van der Waals surface area contributed by atoms with E-state index in [-0.39, 0.29) is 6.04 Å². The maximum atomic E-state index is 6.06. The zero-order chi connectivity index (χ0) is 13.8. The first kappa shape index (κ1) is 14.6. The predicted octanol–water partition coefficient (Wildman–Crippen LogP) is 5.11. The summed E-state index contributed by atoms with van der Waals surface area (Å²) in [6.45, 7) is 7.49. The van der Waals surface area contributed by atoms with E-state index in [0.29, 0.717) is 0 Å². The zero-order valence-corrected chi connectivity index (χ0v) is 13.2. The Morgan fingerprint density at radius 1 is 1.21 bits per heavy atom. The lowest BCUT2D eigenvalue weighted by atomic mass is 10.00. The second-order valence-electron chi connectivity index (χ2n) is 4.84. The van der Waals surface area contributed by atoms with Gasteiger partial charge in [0.05, 0.1) is 6.04 Å². The number of benzene rings is 1. The molecule has 0 bridgehead atoms. The summed E-state index contributed by atoms with van der Waals surface area (Å²) < 4.78 is 0. The van der Waals surface area contributed by atoms with Crippen LogP contribution in [0.15, 0.2) is 30.3 Å². The van der Waals surface area contributed by atoms with Gasteiger partial charge in [-0.15, -0.1) is 11.3 Å². The van der Waals surface area contributed by atoms with Crippen LogP contribution in [0.3, 0.4) is 0 Å². The van der Waals surface area contributed by atoms with Crippen molar-refractivity contribution in [1.82, 2.24) is 5.32 Å². The van der Waals surface area contributed by atoms with Crippen molar-refractivity contribution in [1.29, 1.82) is 0 Å². The number of hydrogen-bond donors (Lipinski definition) is 1. The van der Waals surface area contributed by atoms with E-state index < -0.39 is 0 Å². The molecule has 2 aromatic rings. The molecule has 0 amide bonds. The lowest BCUT2D eigenvalue weighted by Gasteiger charge is -2.20. The van der Waals surface area contributed by atoms with Crippen molar-refractivity contribution in [2.75, 3.05) is 6.54 Å². The molecule has 0 aliphatic heterocycles. The normalized spacial score (nSPS) is 12.6. The highest BCUT2D eigenvalue weighted by Gasteiger charge is 2.17. The van der Waals surface area contributed by atoms with E-state index in [2.05, 4.69) is 44.3 Å².